The summed E-state index contributed by atoms with van der Waals surface area (Å²) in [7, 11) is -3.62. The maximum absolute atomic E-state index is 13.3. The minimum atomic E-state index is -4.37. The fourth-order valence-corrected chi connectivity index (χ4v) is 7.58. The number of alkyl halides is 3. The van der Waals surface area contributed by atoms with Crippen LogP contribution in [-0.2, 0) is 33.2 Å². The lowest BCUT2D eigenvalue weighted by Gasteiger charge is -2.30. The molecule has 2 atom stereocenters. The second-order valence-electron chi connectivity index (χ2n) is 9.88. The van der Waals surface area contributed by atoms with Crippen LogP contribution in [0.4, 0.5) is 13.2 Å². The zero-order chi connectivity index (χ0) is 26.2. The van der Waals surface area contributed by atoms with Gasteiger partial charge in [-0.2, -0.15) is 17.5 Å². The molecule has 0 aliphatic carbocycles. The summed E-state index contributed by atoms with van der Waals surface area (Å²) in [5.74, 6) is 0.759. The van der Waals surface area contributed by atoms with E-state index in [1.165, 1.54) is 23.9 Å². The molecule has 2 fully saturated rings. The first kappa shape index (κ1) is 26.5. The predicted molar refractivity (Wildman–Crippen MR) is 137 cm³/mol. The van der Waals surface area contributed by atoms with Crippen LogP contribution >= 0.6 is 11.8 Å². The molecule has 200 valence electrons. The third-order valence-corrected chi connectivity index (χ3v) is 9.91. The van der Waals surface area contributed by atoms with Gasteiger partial charge in [-0.05, 0) is 67.5 Å². The van der Waals surface area contributed by atoms with E-state index in [9.17, 15) is 21.6 Å². The maximum atomic E-state index is 13.3. The monoisotopic (exact) mass is 553 g/mol. The van der Waals surface area contributed by atoms with E-state index in [0.717, 1.165) is 48.9 Å². The molecule has 2 aromatic carbocycles. The number of imidazole rings is 1. The van der Waals surface area contributed by atoms with Crippen LogP contribution < -0.4 is 0 Å². The van der Waals surface area contributed by atoms with Crippen LogP contribution in [0.2, 0.25) is 0 Å². The van der Waals surface area contributed by atoms with E-state index in [4.69, 9.17) is 9.72 Å². The molecule has 2 aliphatic heterocycles. The van der Waals surface area contributed by atoms with E-state index >= 15 is 0 Å². The van der Waals surface area contributed by atoms with Crippen molar-refractivity contribution in [1.29, 1.82) is 0 Å². The molecule has 3 aromatic rings. The average molecular weight is 554 g/mol. The second-order valence-corrected chi connectivity index (χ2v) is 12.8. The minimum absolute atomic E-state index is 0.0427. The second kappa shape index (κ2) is 10.6. The number of hydrogen-bond acceptors (Lipinski definition) is 5. The van der Waals surface area contributed by atoms with Crippen molar-refractivity contribution in [3.8, 4) is 0 Å². The summed E-state index contributed by atoms with van der Waals surface area (Å²) in [6, 6.07) is 10.2. The molecule has 6 nitrogen and oxygen atoms in total. The fourth-order valence-electron chi connectivity index (χ4n) is 4.98. The Balaban J connectivity index is 1.43. The first-order valence-corrected chi connectivity index (χ1v) is 14.9. The SMILES string of the molecule is CC1CCCN(S(=O)(=O)c2ccc3c(c2)nc(SCc2ccc(C(F)(F)F)cc2)n3CC2CCCO2)C1. The summed E-state index contributed by atoms with van der Waals surface area (Å²) in [6.45, 7) is 4.40. The van der Waals surface area contributed by atoms with Crippen LogP contribution in [0, 0.1) is 5.92 Å². The first-order chi connectivity index (χ1) is 17.6. The van der Waals surface area contributed by atoms with Gasteiger partial charge in [0.15, 0.2) is 5.16 Å². The normalized spacial score (nSPS) is 21.6. The molecular formula is C26H30F3N3O3S2. The van der Waals surface area contributed by atoms with Gasteiger partial charge in [0.25, 0.3) is 0 Å². The molecule has 0 spiro atoms. The molecule has 0 bridgehead atoms. The van der Waals surface area contributed by atoms with Crippen LogP contribution in [-0.4, -0.2) is 48.1 Å². The molecule has 2 aliphatic rings. The number of rotatable bonds is 7. The molecule has 0 saturated carbocycles. The molecule has 0 radical (unpaired) electrons. The Morgan fingerprint density at radius 2 is 1.89 bits per heavy atom. The standard InChI is InChI=1S/C26H30F3N3O3S2/c1-18-4-2-12-31(15-18)37(33,34)22-10-11-24-23(14-22)30-25(32(24)16-21-5-3-13-35-21)36-17-19-6-8-20(9-7-19)26(27,28)29/h6-11,14,18,21H,2-5,12-13,15-17H2,1H3. The fraction of sp³-hybridized carbons (Fsp3) is 0.500. The number of fused-ring (bicyclic) bond motifs is 1. The quantitative estimate of drug-likeness (QED) is 0.339. The van der Waals surface area contributed by atoms with Gasteiger partial charge >= 0.3 is 6.18 Å². The van der Waals surface area contributed by atoms with Gasteiger partial charge in [0.2, 0.25) is 10.0 Å². The number of thioether (sulfide) groups is 1. The van der Waals surface area contributed by atoms with Crippen molar-refractivity contribution in [1.82, 2.24) is 13.9 Å². The third-order valence-electron chi connectivity index (χ3n) is 7.00. The molecule has 5 rings (SSSR count). The molecule has 2 unspecified atom stereocenters. The Hall–Kier alpha value is -2.08. The number of halogens is 3. The van der Waals surface area contributed by atoms with E-state index in [1.54, 1.807) is 22.5 Å². The molecule has 0 amide bonds. The lowest BCUT2D eigenvalue weighted by atomic mass is 10.0. The predicted octanol–water partition coefficient (Wildman–Crippen LogP) is 5.95. The highest BCUT2D eigenvalue weighted by Gasteiger charge is 2.31. The average Bonchev–Trinajstić information content (AvgIpc) is 3.50. The van der Waals surface area contributed by atoms with E-state index < -0.39 is 21.8 Å². The van der Waals surface area contributed by atoms with Gasteiger partial charge in [-0.25, -0.2) is 13.4 Å². The Morgan fingerprint density at radius 3 is 2.57 bits per heavy atom. The van der Waals surface area contributed by atoms with E-state index in [0.29, 0.717) is 48.6 Å². The maximum Gasteiger partial charge on any atom is 0.416 e. The molecular weight excluding hydrogens is 523 g/mol. The van der Waals surface area contributed by atoms with Crippen molar-refractivity contribution in [3.63, 3.8) is 0 Å². The Morgan fingerprint density at radius 1 is 1.11 bits per heavy atom. The number of nitrogens with zero attached hydrogens (tertiary/aromatic N) is 3. The van der Waals surface area contributed by atoms with E-state index in [1.807, 2.05) is 4.57 Å². The van der Waals surface area contributed by atoms with Crippen LogP contribution in [0.5, 0.6) is 0 Å². The number of sulfonamides is 1. The number of benzene rings is 2. The molecule has 0 N–H and O–H groups in total. The minimum Gasteiger partial charge on any atom is -0.376 e. The molecule has 3 heterocycles. The first-order valence-electron chi connectivity index (χ1n) is 12.5. The summed E-state index contributed by atoms with van der Waals surface area (Å²) in [5.41, 5.74) is 1.47. The van der Waals surface area contributed by atoms with Crippen LogP contribution in [0.1, 0.15) is 43.7 Å². The lowest BCUT2D eigenvalue weighted by Crippen LogP contribution is -2.39. The smallest absolute Gasteiger partial charge is 0.376 e. The lowest BCUT2D eigenvalue weighted by molar-refractivity contribution is -0.137. The van der Waals surface area contributed by atoms with Gasteiger partial charge < -0.3 is 9.30 Å². The van der Waals surface area contributed by atoms with Gasteiger partial charge in [-0.1, -0.05) is 30.8 Å². The summed E-state index contributed by atoms with van der Waals surface area (Å²) >= 11 is 1.42. The zero-order valence-corrected chi connectivity index (χ0v) is 22.2. The van der Waals surface area contributed by atoms with Gasteiger partial charge in [0, 0.05) is 25.4 Å². The van der Waals surface area contributed by atoms with Crippen molar-refractivity contribution in [3.05, 3.63) is 53.6 Å². The topological polar surface area (TPSA) is 64.4 Å². The van der Waals surface area contributed by atoms with Crippen molar-refractivity contribution in [2.24, 2.45) is 5.92 Å². The van der Waals surface area contributed by atoms with Gasteiger partial charge in [0.05, 0.1) is 34.1 Å². The highest BCUT2D eigenvalue weighted by atomic mass is 32.2. The van der Waals surface area contributed by atoms with Crippen molar-refractivity contribution < 1.29 is 26.3 Å². The zero-order valence-electron chi connectivity index (χ0n) is 20.6. The van der Waals surface area contributed by atoms with Crippen molar-refractivity contribution in [2.45, 2.75) is 67.2 Å². The molecule has 11 heteroatoms. The molecule has 37 heavy (non-hydrogen) atoms. The number of aromatic nitrogens is 2. The number of hydrogen-bond donors (Lipinski definition) is 0. The van der Waals surface area contributed by atoms with Gasteiger partial charge in [-0.3, -0.25) is 0 Å². The molecule has 2 saturated heterocycles. The van der Waals surface area contributed by atoms with E-state index in [2.05, 4.69) is 6.92 Å². The Bertz CT molecular complexity index is 1350. The highest BCUT2D eigenvalue weighted by molar-refractivity contribution is 7.98. The number of piperidine rings is 1. The van der Waals surface area contributed by atoms with Gasteiger partial charge in [-0.15, -0.1) is 0 Å². The summed E-state index contributed by atoms with van der Waals surface area (Å²) in [4.78, 5) is 5.00. The van der Waals surface area contributed by atoms with E-state index in [-0.39, 0.29) is 11.0 Å². The largest absolute Gasteiger partial charge is 0.416 e. The van der Waals surface area contributed by atoms with Crippen LogP contribution in [0.15, 0.2) is 52.5 Å². The third kappa shape index (κ3) is 5.84. The highest BCUT2D eigenvalue weighted by Crippen LogP contribution is 2.33. The van der Waals surface area contributed by atoms with Gasteiger partial charge in [0.1, 0.15) is 0 Å². The Labute approximate surface area is 219 Å². The number of ether oxygens (including phenoxy) is 1. The van der Waals surface area contributed by atoms with Crippen LogP contribution in [0.3, 0.4) is 0 Å². The molecule has 1 aromatic heterocycles. The summed E-state index contributed by atoms with van der Waals surface area (Å²) in [5, 5.41) is 0.687. The Kier molecular flexibility index (Phi) is 7.59. The summed E-state index contributed by atoms with van der Waals surface area (Å²) in [6.07, 6.45) is -0.530. The van der Waals surface area contributed by atoms with Crippen LogP contribution in [0.25, 0.3) is 11.0 Å². The van der Waals surface area contributed by atoms with Crippen molar-refractivity contribution >= 4 is 32.8 Å². The summed E-state index contributed by atoms with van der Waals surface area (Å²) < 4.78 is 74.9. The van der Waals surface area contributed by atoms with Crippen molar-refractivity contribution in [2.75, 3.05) is 19.7 Å².